The second-order valence-corrected chi connectivity index (χ2v) is 3.83. The lowest BCUT2D eigenvalue weighted by Crippen LogP contribution is -2.26. The van der Waals surface area contributed by atoms with Crippen molar-refractivity contribution >= 4 is 0 Å². The van der Waals surface area contributed by atoms with E-state index in [1.807, 2.05) is 7.05 Å². The molecular formula is C10H16N2. The first-order valence-corrected chi connectivity index (χ1v) is 4.65. The molecule has 1 aliphatic carbocycles. The van der Waals surface area contributed by atoms with Crippen LogP contribution in [0.15, 0.2) is 18.5 Å². The minimum Gasteiger partial charge on any atom is -0.357 e. The monoisotopic (exact) mass is 164 g/mol. The molecule has 1 fully saturated rings. The van der Waals surface area contributed by atoms with E-state index in [2.05, 4.69) is 23.0 Å². The number of hydrogen-bond acceptors (Lipinski definition) is 1. The largest absolute Gasteiger partial charge is 0.357 e. The van der Waals surface area contributed by atoms with Crippen LogP contribution in [0.4, 0.5) is 0 Å². The number of nitrogens with zero attached hydrogens (tertiary/aromatic N) is 1. The summed E-state index contributed by atoms with van der Waals surface area (Å²) in [4.78, 5) is 0. The van der Waals surface area contributed by atoms with Crippen LogP contribution in [0.2, 0.25) is 0 Å². The molecule has 0 aliphatic heterocycles. The first-order chi connectivity index (χ1) is 5.77. The number of nitrogens with two attached hydrogens (primary N) is 1. The Balaban J connectivity index is 2.08. The Morgan fingerprint density at radius 3 is 2.75 bits per heavy atom. The Hall–Kier alpha value is -0.760. The van der Waals surface area contributed by atoms with Gasteiger partial charge in [0.25, 0.3) is 0 Å². The molecule has 0 aromatic carbocycles. The minimum atomic E-state index is 0.278. The molecule has 1 heterocycles. The molecule has 2 N–H and O–H groups in total. The Morgan fingerprint density at radius 1 is 1.58 bits per heavy atom. The standard InChI is InChI=1S/C10H16N2/c1-12-6-5-9(7-12)10(11)8-3-2-4-8/h5-8,10H,2-4,11H2,1H3. The average molecular weight is 164 g/mol. The third-order valence-electron chi connectivity index (χ3n) is 2.90. The summed E-state index contributed by atoms with van der Waals surface area (Å²) in [6, 6.07) is 2.41. The van der Waals surface area contributed by atoms with Crippen LogP contribution < -0.4 is 5.73 Å². The lowest BCUT2D eigenvalue weighted by Gasteiger charge is -2.30. The second kappa shape index (κ2) is 2.94. The van der Waals surface area contributed by atoms with Crippen LogP contribution in [0, 0.1) is 5.92 Å². The lowest BCUT2D eigenvalue weighted by atomic mass is 9.78. The van der Waals surface area contributed by atoms with Gasteiger partial charge in [-0.05, 0) is 30.4 Å². The SMILES string of the molecule is Cn1ccc(C(N)C2CCC2)c1. The van der Waals surface area contributed by atoms with Gasteiger partial charge in [0.05, 0.1) is 0 Å². The highest BCUT2D eigenvalue weighted by Crippen LogP contribution is 2.35. The van der Waals surface area contributed by atoms with Crippen LogP contribution in [0.1, 0.15) is 30.9 Å². The third kappa shape index (κ3) is 1.27. The molecule has 0 radical (unpaired) electrons. The molecule has 1 aliphatic rings. The summed E-state index contributed by atoms with van der Waals surface area (Å²) in [5.74, 6) is 0.743. The molecule has 2 heteroatoms. The summed E-state index contributed by atoms with van der Waals surface area (Å²) < 4.78 is 2.06. The molecule has 0 spiro atoms. The van der Waals surface area contributed by atoms with Crippen molar-refractivity contribution in [2.45, 2.75) is 25.3 Å². The predicted octanol–water partition coefficient (Wildman–Crippen LogP) is 1.82. The van der Waals surface area contributed by atoms with Crippen molar-refractivity contribution in [3.05, 3.63) is 24.0 Å². The smallest absolute Gasteiger partial charge is 0.0338 e. The third-order valence-corrected chi connectivity index (χ3v) is 2.90. The Morgan fingerprint density at radius 2 is 2.33 bits per heavy atom. The van der Waals surface area contributed by atoms with Gasteiger partial charge in [0.2, 0.25) is 0 Å². The Bertz CT molecular complexity index is 261. The van der Waals surface area contributed by atoms with E-state index >= 15 is 0 Å². The van der Waals surface area contributed by atoms with E-state index in [1.165, 1.54) is 24.8 Å². The zero-order valence-electron chi connectivity index (χ0n) is 7.53. The van der Waals surface area contributed by atoms with Crippen molar-refractivity contribution < 1.29 is 0 Å². The normalized spacial score (nSPS) is 20.5. The van der Waals surface area contributed by atoms with Crippen LogP contribution in [0.5, 0.6) is 0 Å². The molecule has 1 aromatic heterocycles. The van der Waals surface area contributed by atoms with Gasteiger partial charge in [0.15, 0.2) is 0 Å². The maximum absolute atomic E-state index is 6.10. The van der Waals surface area contributed by atoms with Crippen molar-refractivity contribution in [3.63, 3.8) is 0 Å². The highest BCUT2D eigenvalue weighted by Gasteiger charge is 2.25. The predicted molar refractivity (Wildman–Crippen MR) is 49.7 cm³/mol. The maximum atomic E-state index is 6.10. The van der Waals surface area contributed by atoms with Gasteiger partial charge in [-0.25, -0.2) is 0 Å². The van der Waals surface area contributed by atoms with Crippen molar-refractivity contribution in [1.82, 2.24) is 4.57 Å². The molecular weight excluding hydrogens is 148 g/mol. The quantitative estimate of drug-likeness (QED) is 0.710. The molecule has 1 aromatic rings. The van der Waals surface area contributed by atoms with E-state index in [0.29, 0.717) is 0 Å². The molecule has 1 atom stereocenters. The van der Waals surface area contributed by atoms with Crippen molar-refractivity contribution in [2.75, 3.05) is 0 Å². The van der Waals surface area contributed by atoms with E-state index in [-0.39, 0.29) is 6.04 Å². The van der Waals surface area contributed by atoms with Crippen LogP contribution >= 0.6 is 0 Å². The molecule has 0 amide bonds. The van der Waals surface area contributed by atoms with Crippen LogP contribution in [0.25, 0.3) is 0 Å². The zero-order chi connectivity index (χ0) is 8.55. The van der Waals surface area contributed by atoms with Crippen molar-refractivity contribution in [3.8, 4) is 0 Å². The summed E-state index contributed by atoms with van der Waals surface area (Å²) >= 11 is 0. The molecule has 1 unspecified atom stereocenters. The highest BCUT2D eigenvalue weighted by molar-refractivity contribution is 5.16. The van der Waals surface area contributed by atoms with Crippen LogP contribution in [0.3, 0.4) is 0 Å². The molecule has 12 heavy (non-hydrogen) atoms. The first-order valence-electron chi connectivity index (χ1n) is 4.65. The maximum Gasteiger partial charge on any atom is 0.0338 e. The van der Waals surface area contributed by atoms with Crippen molar-refractivity contribution in [1.29, 1.82) is 0 Å². The molecule has 66 valence electrons. The van der Waals surface area contributed by atoms with Gasteiger partial charge >= 0.3 is 0 Å². The summed E-state index contributed by atoms with van der Waals surface area (Å²) in [7, 11) is 2.04. The van der Waals surface area contributed by atoms with Crippen LogP contribution in [-0.4, -0.2) is 4.57 Å². The zero-order valence-corrected chi connectivity index (χ0v) is 7.53. The molecule has 0 saturated heterocycles. The topological polar surface area (TPSA) is 30.9 Å². The van der Waals surface area contributed by atoms with Gasteiger partial charge in [0.1, 0.15) is 0 Å². The van der Waals surface area contributed by atoms with Crippen molar-refractivity contribution in [2.24, 2.45) is 18.7 Å². The highest BCUT2D eigenvalue weighted by atomic mass is 14.9. The van der Waals surface area contributed by atoms with Gasteiger partial charge in [-0.1, -0.05) is 6.42 Å². The second-order valence-electron chi connectivity index (χ2n) is 3.83. The average Bonchev–Trinajstić information content (AvgIpc) is 2.31. The minimum absolute atomic E-state index is 0.278. The van der Waals surface area contributed by atoms with E-state index in [9.17, 15) is 0 Å². The van der Waals surface area contributed by atoms with Gasteiger partial charge < -0.3 is 10.3 Å². The summed E-state index contributed by atoms with van der Waals surface area (Å²) in [6.45, 7) is 0. The fraction of sp³-hybridized carbons (Fsp3) is 0.600. The fourth-order valence-corrected chi connectivity index (χ4v) is 1.79. The van der Waals surface area contributed by atoms with Gasteiger partial charge in [-0.15, -0.1) is 0 Å². The molecule has 2 nitrogen and oxygen atoms in total. The summed E-state index contributed by atoms with van der Waals surface area (Å²) in [5, 5.41) is 0. The summed E-state index contributed by atoms with van der Waals surface area (Å²) in [5.41, 5.74) is 7.39. The van der Waals surface area contributed by atoms with Crippen LogP contribution in [-0.2, 0) is 7.05 Å². The van der Waals surface area contributed by atoms with E-state index in [0.717, 1.165) is 5.92 Å². The molecule has 2 rings (SSSR count). The summed E-state index contributed by atoms with van der Waals surface area (Å²) in [6.07, 6.45) is 8.19. The fourth-order valence-electron chi connectivity index (χ4n) is 1.79. The number of aryl methyl sites for hydroxylation is 1. The van der Waals surface area contributed by atoms with Gasteiger partial charge in [-0.3, -0.25) is 0 Å². The van der Waals surface area contributed by atoms with E-state index in [1.54, 1.807) is 0 Å². The lowest BCUT2D eigenvalue weighted by molar-refractivity contribution is 0.264. The van der Waals surface area contributed by atoms with E-state index < -0.39 is 0 Å². The molecule has 0 bridgehead atoms. The van der Waals surface area contributed by atoms with Gasteiger partial charge in [0, 0.05) is 25.5 Å². The first kappa shape index (κ1) is 7.87. The Kier molecular flexibility index (Phi) is 1.93. The van der Waals surface area contributed by atoms with Gasteiger partial charge in [-0.2, -0.15) is 0 Å². The number of hydrogen-bond donors (Lipinski definition) is 1. The molecule has 1 saturated carbocycles. The number of aromatic nitrogens is 1. The van der Waals surface area contributed by atoms with E-state index in [4.69, 9.17) is 5.73 Å². The Labute approximate surface area is 73.4 Å². The number of rotatable bonds is 2.